The number of halogens is 3. The van der Waals surface area contributed by atoms with Crippen molar-refractivity contribution in [2.75, 3.05) is 37.6 Å². The van der Waals surface area contributed by atoms with E-state index in [2.05, 4.69) is 15.8 Å². The van der Waals surface area contributed by atoms with Gasteiger partial charge in [-0.2, -0.15) is 13.2 Å². The van der Waals surface area contributed by atoms with Crippen molar-refractivity contribution < 1.29 is 22.8 Å². The van der Waals surface area contributed by atoms with E-state index in [1.54, 1.807) is 12.1 Å². The molecule has 1 fully saturated rings. The summed E-state index contributed by atoms with van der Waals surface area (Å²) in [6.07, 6.45) is -3.77. The van der Waals surface area contributed by atoms with Crippen LogP contribution < -0.4 is 15.8 Å². The molecule has 1 aliphatic rings. The highest BCUT2D eigenvalue weighted by Gasteiger charge is 2.41. The Morgan fingerprint density at radius 1 is 1.14 bits per heavy atom. The minimum Gasteiger partial charge on any atom is -0.372 e. The molecule has 0 bridgehead atoms. The van der Waals surface area contributed by atoms with Gasteiger partial charge in [0.05, 0.1) is 12.5 Å². The lowest BCUT2D eigenvalue weighted by Crippen LogP contribution is -2.49. The first-order valence-electron chi connectivity index (χ1n) is 9.47. The first kappa shape index (κ1) is 22.0. The molecule has 1 aliphatic heterocycles. The Labute approximate surface area is 163 Å². The number of hydrogen-bond acceptors (Lipinski definition) is 4. The zero-order chi connectivity index (χ0) is 20.7. The number of alkyl halides is 3. The van der Waals surface area contributed by atoms with Gasteiger partial charge in [0.2, 0.25) is 0 Å². The average Bonchev–Trinajstić information content (AvgIpc) is 2.67. The normalized spacial score (nSPS) is 17.8. The summed E-state index contributed by atoms with van der Waals surface area (Å²) in [6.45, 7) is 5.83. The predicted octanol–water partition coefficient (Wildman–Crippen LogP) is 2.57. The number of carbonyl (C=O) groups excluding carboxylic acids is 2. The van der Waals surface area contributed by atoms with Gasteiger partial charge in [0.1, 0.15) is 0 Å². The van der Waals surface area contributed by atoms with Gasteiger partial charge in [0.25, 0.3) is 11.8 Å². The molecule has 2 rings (SSSR count). The largest absolute Gasteiger partial charge is 0.393 e. The summed E-state index contributed by atoms with van der Waals surface area (Å²) in [4.78, 5) is 27.7. The fourth-order valence-corrected chi connectivity index (χ4v) is 3.32. The van der Waals surface area contributed by atoms with Gasteiger partial charge in [-0.1, -0.05) is 0 Å². The van der Waals surface area contributed by atoms with E-state index in [0.717, 1.165) is 18.8 Å². The Morgan fingerprint density at radius 3 is 2.36 bits per heavy atom. The van der Waals surface area contributed by atoms with E-state index in [1.807, 2.05) is 26.0 Å². The molecule has 0 radical (unpaired) electrons. The van der Waals surface area contributed by atoms with Gasteiger partial charge in [0.15, 0.2) is 0 Å². The van der Waals surface area contributed by atoms with Gasteiger partial charge in [-0.15, -0.1) is 0 Å². The van der Waals surface area contributed by atoms with E-state index in [9.17, 15) is 22.8 Å². The van der Waals surface area contributed by atoms with Crippen LogP contribution >= 0.6 is 0 Å². The molecule has 1 aromatic carbocycles. The molecule has 156 valence electrons. The third-order valence-electron chi connectivity index (χ3n) is 4.91. The number of benzene rings is 1. The molecule has 1 saturated heterocycles. The second kappa shape index (κ2) is 9.77. The Kier molecular flexibility index (Phi) is 7.68. The predicted molar refractivity (Wildman–Crippen MR) is 101 cm³/mol. The van der Waals surface area contributed by atoms with Crippen LogP contribution in [0.3, 0.4) is 0 Å². The first-order valence-corrected chi connectivity index (χ1v) is 9.47. The van der Waals surface area contributed by atoms with E-state index in [1.165, 1.54) is 4.90 Å². The van der Waals surface area contributed by atoms with Crippen molar-refractivity contribution in [3.05, 3.63) is 29.8 Å². The van der Waals surface area contributed by atoms with Gasteiger partial charge >= 0.3 is 6.18 Å². The lowest BCUT2D eigenvalue weighted by Gasteiger charge is -2.33. The monoisotopic (exact) mass is 400 g/mol. The molecular weight excluding hydrogens is 373 g/mol. The van der Waals surface area contributed by atoms with Crippen molar-refractivity contribution in [3.8, 4) is 0 Å². The minimum absolute atomic E-state index is 0.0852. The highest BCUT2D eigenvalue weighted by atomic mass is 19.4. The fourth-order valence-electron chi connectivity index (χ4n) is 3.32. The molecule has 0 spiro atoms. The highest BCUT2D eigenvalue weighted by Crippen LogP contribution is 2.32. The highest BCUT2D eigenvalue weighted by molar-refractivity contribution is 5.95. The van der Waals surface area contributed by atoms with E-state index >= 15 is 0 Å². The first-order chi connectivity index (χ1) is 13.2. The second-order valence-electron chi connectivity index (χ2n) is 6.84. The maximum atomic E-state index is 12.8. The maximum absolute atomic E-state index is 12.8. The number of nitrogens with one attached hydrogen (secondary N) is 2. The summed E-state index contributed by atoms with van der Waals surface area (Å²) in [5, 5.41) is 0. The Balaban J connectivity index is 1.81. The van der Waals surface area contributed by atoms with Crippen LogP contribution in [0.25, 0.3) is 0 Å². The van der Waals surface area contributed by atoms with Crippen LogP contribution in [0.1, 0.15) is 37.0 Å². The number of carbonyl (C=O) groups is 2. The van der Waals surface area contributed by atoms with Gasteiger partial charge in [0, 0.05) is 30.9 Å². The van der Waals surface area contributed by atoms with Crippen molar-refractivity contribution in [1.29, 1.82) is 0 Å². The summed E-state index contributed by atoms with van der Waals surface area (Å²) in [6, 6.07) is 6.98. The number of anilines is 1. The molecule has 2 N–H and O–H groups in total. The van der Waals surface area contributed by atoms with Crippen LogP contribution in [-0.2, 0) is 4.79 Å². The van der Waals surface area contributed by atoms with Crippen LogP contribution in [0.2, 0.25) is 0 Å². The molecule has 1 atom stereocenters. The van der Waals surface area contributed by atoms with Crippen molar-refractivity contribution in [3.63, 3.8) is 0 Å². The Morgan fingerprint density at radius 2 is 1.79 bits per heavy atom. The number of amides is 2. The fraction of sp³-hybridized carbons (Fsp3) is 0.579. The van der Waals surface area contributed by atoms with Gasteiger partial charge in [-0.3, -0.25) is 25.3 Å². The van der Waals surface area contributed by atoms with E-state index in [4.69, 9.17) is 0 Å². The van der Waals surface area contributed by atoms with E-state index in [0.29, 0.717) is 18.5 Å². The average molecular weight is 400 g/mol. The van der Waals surface area contributed by atoms with Crippen LogP contribution in [0.15, 0.2) is 24.3 Å². The maximum Gasteiger partial charge on any atom is 0.393 e. The second-order valence-corrected chi connectivity index (χ2v) is 6.84. The molecule has 0 saturated carbocycles. The standard InChI is InChI=1S/C19H27F3N4O2/c1-3-26(4-2)16-9-7-14(8-10-16)18(28)24-23-17(27)13-25-11-5-6-15(12-25)19(20,21)22/h7-10,15H,3-6,11-13H2,1-2H3,(H,23,27)(H,24,28). The minimum atomic E-state index is -4.25. The quantitative estimate of drug-likeness (QED) is 0.721. The summed E-state index contributed by atoms with van der Waals surface area (Å²) in [7, 11) is 0. The molecule has 1 unspecified atom stereocenters. The topological polar surface area (TPSA) is 64.7 Å². The van der Waals surface area contributed by atoms with Crippen molar-refractivity contribution in [2.45, 2.75) is 32.9 Å². The number of hydrogen-bond donors (Lipinski definition) is 2. The van der Waals surface area contributed by atoms with E-state index in [-0.39, 0.29) is 19.5 Å². The molecule has 0 aromatic heterocycles. The lowest BCUT2D eigenvalue weighted by atomic mass is 9.97. The molecule has 2 amide bonds. The number of nitrogens with zero attached hydrogens (tertiary/aromatic N) is 2. The third-order valence-corrected chi connectivity index (χ3v) is 4.91. The summed E-state index contributed by atoms with van der Waals surface area (Å²) < 4.78 is 38.5. The van der Waals surface area contributed by atoms with Gasteiger partial charge in [-0.25, -0.2) is 0 Å². The van der Waals surface area contributed by atoms with Crippen molar-refractivity contribution in [1.82, 2.24) is 15.8 Å². The molecule has 1 heterocycles. The number of piperidine rings is 1. The zero-order valence-electron chi connectivity index (χ0n) is 16.2. The summed E-state index contributed by atoms with van der Waals surface area (Å²) >= 11 is 0. The number of hydrazine groups is 1. The van der Waals surface area contributed by atoms with Crippen molar-refractivity contribution in [2.24, 2.45) is 5.92 Å². The smallest absolute Gasteiger partial charge is 0.372 e. The zero-order valence-corrected chi connectivity index (χ0v) is 16.2. The number of rotatable bonds is 6. The third kappa shape index (κ3) is 6.12. The molecule has 28 heavy (non-hydrogen) atoms. The van der Waals surface area contributed by atoms with Crippen LogP contribution in [-0.4, -0.2) is 55.6 Å². The number of likely N-dealkylation sites (tertiary alicyclic amines) is 1. The van der Waals surface area contributed by atoms with E-state index < -0.39 is 23.9 Å². The Bertz CT molecular complexity index is 660. The van der Waals surface area contributed by atoms with Crippen LogP contribution in [0.5, 0.6) is 0 Å². The molecule has 0 aliphatic carbocycles. The molecule has 9 heteroatoms. The van der Waals surface area contributed by atoms with Crippen LogP contribution in [0.4, 0.5) is 18.9 Å². The van der Waals surface area contributed by atoms with Crippen LogP contribution in [0, 0.1) is 5.92 Å². The summed E-state index contributed by atoms with van der Waals surface area (Å²) in [5.41, 5.74) is 5.95. The molecule has 6 nitrogen and oxygen atoms in total. The van der Waals surface area contributed by atoms with Gasteiger partial charge in [-0.05, 0) is 57.5 Å². The van der Waals surface area contributed by atoms with Crippen molar-refractivity contribution >= 4 is 17.5 Å². The Hall–Kier alpha value is -2.29. The molecule has 1 aromatic rings. The SMILES string of the molecule is CCN(CC)c1ccc(C(=O)NNC(=O)CN2CCCC(C(F)(F)F)C2)cc1. The lowest BCUT2D eigenvalue weighted by molar-refractivity contribution is -0.187. The summed E-state index contributed by atoms with van der Waals surface area (Å²) in [5.74, 6) is -2.44. The van der Waals surface area contributed by atoms with Gasteiger partial charge < -0.3 is 4.90 Å². The molecular formula is C19H27F3N4O2.